The van der Waals surface area contributed by atoms with Crippen LogP contribution in [0.3, 0.4) is 0 Å². The first-order valence-corrected chi connectivity index (χ1v) is 15.4. The molecule has 0 aromatic rings. The van der Waals surface area contributed by atoms with Crippen molar-refractivity contribution in [1.82, 2.24) is 5.32 Å². The van der Waals surface area contributed by atoms with E-state index in [4.69, 9.17) is 36.1 Å². The molecule has 3 fully saturated rings. The minimum atomic E-state index is -1.02. The fourth-order valence-electron chi connectivity index (χ4n) is 6.33. The van der Waals surface area contributed by atoms with Crippen molar-refractivity contribution in [3.05, 3.63) is 0 Å². The molecule has 10 N–H and O–H groups in total. The molecule has 2 aliphatic heterocycles. The van der Waals surface area contributed by atoms with Gasteiger partial charge in [0.2, 0.25) is 0 Å². The third-order valence-electron chi connectivity index (χ3n) is 9.57. The number of likely N-dealkylation sites (N-methyl/N-ethyl adjacent to an activating group) is 1. The summed E-state index contributed by atoms with van der Waals surface area (Å²) in [6, 6.07) is -1.05. The molecule has 11 heteroatoms. The molecule has 12 unspecified atom stereocenters. The van der Waals surface area contributed by atoms with Crippen molar-refractivity contribution in [2.75, 3.05) is 33.5 Å². The second kappa shape index (κ2) is 15.9. The summed E-state index contributed by atoms with van der Waals surface area (Å²) >= 11 is 0. The highest BCUT2D eigenvalue weighted by molar-refractivity contribution is 4.93. The zero-order chi connectivity index (χ0) is 29.4. The van der Waals surface area contributed by atoms with E-state index in [-0.39, 0.29) is 62.2 Å². The number of nitrogens with one attached hydrogen (secondary N) is 1. The molecular weight excluding hydrogens is 516 g/mol. The molecule has 40 heavy (non-hydrogen) atoms. The van der Waals surface area contributed by atoms with Crippen molar-refractivity contribution in [1.29, 1.82) is 0 Å². The zero-order valence-electron chi connectivity index (χ0n) is 25.1. The molecule has 0 radical (unpaired) electrons. The lowest BCUT2D eigenvalue weighted by Gasteiger charge is -2.41. The lowest BCUT2D eigenvalue weighted by Crippen LogP contribution is -2.55. The molecule has 0 aromatic carbocycles. The molecule has 11 nitrogen and oxygen atoms in total. The smallest absolute Gasteiger partial charge is 0.183 e. The van der Waals surface area contributed by atoms with E-state index in [0.717, 1.165) is 19.3 Å². The summed E-state index contributed by atoms with van der Waals surface area (Å²) < 4.78 is 24.4. The molecule has 12 atom stereocenters. The van der Waals surface area contributed by atoms with E-state index < -0.39 is 30.2 Å². The van der Waals surface area contributed by atoms with Gasteiger partial charge in [-0.15, -0.1) is 0 Å². The van der Waals surface area contributed by atoms with Crippen LogP contribution in [0.2, 0.25) is 0 Å². The van der Waals surface area contributed by atoms with Gasteiger partial charge in [-0.3, -0.25) is 0 Å². The van der Waals surface area contributed by atoms with Crippen molar-refractivity contribution in [3.63, 3.8) is 0 Å². The number of aliphatic hydroxyl groups excluding tert-OH is 2. The number of hydrogen-bond acceptors (Lipinski definition) is 11. The summed E-state index contributed by atoms with van der Waals surface area (Å²) in [4.78, 5) is 0. The van der Waals surface area contributed by atoms with Gasteiger partial charge in [-0.25, -0.2) is 0 Å². The van der Waals surface area contributed by atoms with Crippen molar-refractivity contribution in [2.45, 2.75) is 133 Å². The first kappa shape index (κ1) is 34.1. The first-order valence-electron chi connectivity index (χ1n) is 15.4. The van der Waals surface area contributed by atoms with Crippen molar-refractivity contribution in [2.24, 2.45) is 35.0 Å². The molecule has 0 amide bonds. The number of hydrogen-bond donors (Lipinski definition) is 7. The number of ether oxygens (including phenoxy) is 4. The van der Waals surface area contributed by atoms with Gasteiger partial charge in [-0.05, 0) is 57.9 Å². The maximum Gasteiger partial charge on any atom is 0.183 e. The van der Waals surface area contributed by atoms with Crippen LogP contribution < -0.4 is 22.5 Å². The Morgan fingerprint density at radius 3 is 2.38 bits per heavy atom. The third-order valence-corrected chi connectivity index (χ3v) is 9.57. The second-order valence-electron chi connectivity index (χ2n) is 13.0. The highest BCUT2D eigenvalue weighted by atomic mass is 16.7. The first-order chi connectivity index (χ1) is 18.9. The Morgan fingerprint density at radius 2 is 1.68 bits per heavy atom. The Balaban J connectivity index is 1.57. The molecule has 3 aliphatic rings. The van der Waals surface area contributed by atoms with E-state index in [0.29, 0.717) is 44.3 Å². The van der Waals surface area contributed by atoms with E-state index >= 15 is 0 Å². The van der Waals surface area contributed by atoms with E-state index in [9.17, 15) is 15.3 Å². The standard InChI is InChI=1S/C29H58N4O7/c1-17(2)18-6-5-7-21(31)26(39-14-18)16-37-15-19-20(30)8-9-22(32)25(12-23(19)34)40-28-24(35)13-27(33-4)29(3,36)10-11-38-28/h17-28,33-36H,5-16,30-32H2,1-4H3. The molecule has 0 bridgehead atoms. The second-order valence-corrected chi connectivity index (χ2v) is 13.0. The van der Waals surface area contributed by atoms with Gasteiger partial charge in [0, 0.05) is 42.9 Å². The van der Waals surface area contributed by atoms with Gasteiger partial charge in [0.25, 0.3) is 0 Å². The van der Waals surface area contributed by atoms with Crippen LogP contribution in [-0.2, 0) is 18.9 Å². The predicted molar refractivity (Wildman–Crippen MR) is 153 cm³/mol. The van der Waals surface area contributed by atoms with Gasteiger partial charge < -0.3 is 56.8 Å². The number of rotatable bonds is 8. The quantitative estimate of drug-likeness (QED) is 0.210. The maximum absolute atomic E-state index is 11.2. The summed E-state index contributed by atoms with van der Waals surface area (Å²) in [5.41, 5.74) is 18.4. The third kappa shape index (κ3) is 9.54. The average Bonchev–Trinajstić information content (AvgIpc) is 2.88. The Bertz CT molecular complexity index is 732. The number of aliphatic hydroxyl groups is 3. The highest BCUT2D eigenvalue weighted by Gasteiger charge is 2.40. The van der Waals surface area contributed by atoms with Crippen LogP contribution in [0.15, 0.2) is 0 Å². The minimum absolute atomic E-state index is 0.0822. The van der Waals surface area contributed by atoms with Gasteiger partial charge >= 0.3 is 0 Å². The molecule has 3 rings (SSSR count). The summed E-state index contributed by atoms with van der Waals surface area (Å²) in [5.74, 6) is 0.780. The van der Waals surface area contributed by atoms with E-state index in [1.807, 2.05) is 0 Å². The molecular formula is C29H58N4O7. The van der Waals surface area contributed by atoms with Crippen molar-refractivity contribution < 1.29 is 34.3 Å². The molecule has 2 heterocycles. The molecule has 236 valence electrons. The Kier molecular flexibility index (Phi) is 13.5. The zero-order valence-corrected chi connectivity index (χ0v) is 25.1. The minimum Gasteiger partial charge on any atom is -0.393 e. The van der Waals surface area contributed by atoms with E-state index in [1.54, 1.807) is 14.0 Å². The van der Waals surface area contributed by atoms with Crippen LogP contribution in [0.1, 0.15) is 72.1 Å². The van der Waals surface area contributed by atoms with Gasteiger partial charge in [0.1, 0.15) is 6.10 Å². The largest absolute Gasteiger partial charge is 0.393 e. The molecule has 2 saturated heterocycles. The average molecular weight is 575 g/mol. The van der Waals surface area contributed by atoms with E-state index in [1.165, 1.54) is 0 Å². The summed E-state index contributed by atoms with van der Waals surface area (Å²) in [6.45, 7) is 7.75. The van der Waals surface area contributed by atoms with Crippen LogP contribution in [0.4, 0.5) is 0 Å². The lowest BCUT2D eigenvalue weighted by molar-refractivity contribution is -0.240. The topological polar surface area (TPSA) is 188 Å². The summed E-state index contributed by atoms with van der Waals surface area (Å²) in [7, 11) is 1.76. The van der Waals surface area contributed by atoms with Crippen LogP contribution in [0, 0.1) is 17.8 Å². The highest BCUT2D eigenvalue weighted by Crippen LogP contribution is 2.29. The fraction of sp³-hybridized carbons (Fsp3) is 1.00. The van der Waals surface area contributed by atoms with Crippen molar-refractivity contribution in [3.8, 4) is 0 Å². The SMILES string of the molecule is CNC1CC(O)C(OC2CC(O)C(COCC3OCC(C(C)C)CCCC3N)C(N)CCC2N)OCCC1(C)O. The molecule has 0 aromatic heterocycles. The Morgan fingerprint density at radius 1 is 0.950 bits per heavy atom. The molecule has 1 saturated carbocycles. The summed E-state index contributed by atoms with van der Waals surface area (Å²) in [5, 5.41) is 35.9. The fourth-order valence-corrected chi connectivity index (χ4v) is 6.33. The summed E-state index contributed by atoms with van der Waals surface area (Å²) in [6.07, 6.45) is 1.84. The van der Waals surface area contributed by atoms with Crippen molar-refractivity contribution >= 4 is 0 Å². The Hall–Kier alpha value is -0.440. The number of nitrogens with two attached hydrogens (primary N) is 3. The van der Waals surface area contributed by atoms with E-state index in [2.05, 4.69) is 19.2 Å². The van der Waals surface area contributed by atoms with Gasteiger partial charge in [0.05, 0.1) is 50.3 Å². The van der Waals surface area contributed by atoms with Crippen LogP contribution in [0.5, 0.6) is 0 Å². The monoisotopic (exact) mass is 574 g/mol. The predicted octanol–water partition coefficient (Wildman–Crippen LogP) is 0.209. The van der Waals surface area contributed by atoms with Crippen LogP contribution >= 0.6 is 0 Å². The molecule has 0 spiro atoms. The van der Waals surface area contributed by atoms with Crippen LogP contribution in [0.25, 0.3) is 0 Å². The van der Waals surface area contributed by atoms with Gasteiger partial charge in [0.15, 0.2) is 6.29 Å². The molecule has 1 aliphatic carbocycles. The van der Waals surface area contributed by atoms with Gasteiger partial charge in [-0.2, -0.15) is 0 Å². The normalized spacial score (nSPS) is 44.6. The Labute approximate surface area is 240 Å². The lowest BCUT2D eigenvalue weighted by atomic mass is 9.82. The maximum atomic E-state index is 11.2. The van der Waals surface area contributed by atoms with Gasteiger partial charge in [-0.1, -0.05) is 20.3 Å². The van der Waals surface area contributed by atoms with Crippen LogP contribution in [-0.4, -0.2) is 109 Å².